The van der Waals surface area contributed by atoms with Gasteiger partial charge in [-0.3, -0.25) is 0 Å². The summed E-state index contributed by atoms with van der Waals surface area (Å²) in [6.07, 6.45) is 1.99. The van der Waals surface area contributed by atoms with Crippen LogP contribution in [0, 0.1) is 0 Å². The van der Waals surface area contributed by atoms with Crippen molar-refractivity contribution in [2.75, 3.05) is 32.8 Å². The summed E-state index contributed by atoms with van der Waals surface area (Å²) in [5, 5.41) is 9.49. The van der Waals surface area contributed by atoms with Gasteiger partial charge < -0.3 is 34.7 Å². The summed E-state index contributed by atoms with van der Waals surface area (Å²) in [6.45, 7) is 4.61. The average Bonchev–Trinajstić information content (AvgIpc) is 3.46. The molecule has 3 saturated heterocycles. The summed E-state index contributed by atoms with van der Waals surface area (Å²) < 4.78 is 25.0. The van der Waals surface area contributed by atoms with Crippen molar-refractivity contribution < 1.29 is 24.1 Å². The van der Waals surface area contributed by atoms with Crippen molar-refractivity contribution in [1.29, 1.82) is 0 Å². The Bertz CT molecular complexity index is 1220. The standard InChI is InChI=1S/C32H38N2O5/c33-20-27-3-1-2-4-29(27)24-9-11-26(12-10-24)31-38-28(19-30(39-31)25-7-5-23(22-35)6-8-25)21-34-15-13-32(14-16-34)36-17-18-37-32/h1-12,28,30-31,35H,13-22,33H2/t28-,30+,31+/m1/s1. The molecule has 0 amide bonds. The predicted molar refractivity (Wildman–Crippen MR) is 149 cm³/mol. The van der Waals surface area contributed by atoms with Crippen LogP contribution in [0.3, 0.4) is 0 Å². The van der Waals surface area contributed by atoms with Gasteiger partial charge in [0.2, 0.25) is 0 Å². The third kappa shape index (κ3) is 5.95. The van der Waals surface area contributed by atoms with E-state index in [2.05, 4.69) is 53.4 Å². The highest BCUT2D eigenvalue weighted by molar-refractivity contribution is 5.67. The number of nitrogens with two attached hydrogens (primary N) is 1. The molecule has 0 bridgehead atoms. The van der Waals surface area contributed by atoms with Crippen molar-refractivity contribution in [3.63, 3.8) is 0 Å². The maximum Gasteiger partial charge on any atom is 0.184 e. The van der Waals surface area contributed by atoms with Crippen molar-refractivity contribution in [2.45, 2.75) is 56.7 Å². The number of hydrogen-bond acceptors (Lipinski definition) is 7. The van der Waals surface area contributed by atoms with Crippen LogP contribution in [0.1, 0.15) is 53.9 Å². The third-order valence-corrected chi connectivity index (χ3v) is 8.24. The molecule has 3 aromatic carbocycles. The summed E-state index contributed by atoms with van der Waals surface area (Å²) in [5.41, 5.74) is 12.4. The lowest BCUT2D eigenvalue weighted by molar-refractivity contribution is -0.255. The molecule has 206 valence electrons. The first-order chi connectivity index (χ1) is 19.1. The van der Waals surface area contributed by atoms with E-state index in [1.165, 1.54) is 0 Å². The molecule has 3 atom stereocenters. The van der Waals surface area contributed by atoms with E-state index < -0.39 is 6.29 Å². The first-order valence-corrected chi connectivity index (χ1v) is 14.0. The summed E-state index contributed by atoms with van der Waals surface area (Å²) >= 11 is 0. The third-order valence-electron chi connectivity index (χ3n) is 8.24. The highest BCUT2D eigenvalue weighted by Gasteiger charge is 2.41. The van der Waals surface area contributed by atoms with Gasteiger partial charge in [0.15, 0.2) is 12.1 Å². The van der Waals surface area contributed by atoms with Crippen LogP contribution in [0.4, 0.5) is 0 Å². The molecule has 3 fully saturated rings. The highest BCUT2D eigenvalue weighted by Crippen LogP contribution is 2.39. The van der Waals surface area contributed by atoms with Gasteiger partial charge in [-0.1, -0.05) is 72.8 Å². The van der Waals surface area contributed by atoms with E-state index in [4.69, 9.17) is 24.7 Å². The van der Waals surface area contributed by atoms with Crippen molar-refractivity contribution in [2.24, 2.45) is 5.73 Å². The number of piperidine rings is 1. The predicted octanol–water partition coefficient (Wildman–Crippen LogP) is 4.69. The number of nitrogens with zero attached hydrogens (tertiary/aromatic N) is 1. The number of likely N-dealkylation sites (tertiary alicyclic amines) is 1. The number of aliphatic hydroxyl groups excluding tert-OH is 1. The van der Waals surface area contributed by atoms with Crippen molar-refractivity contribution in [3.8, 4) is 11.1 Å². The molecule has 0 aromatic heterocycles. The second-order valence-corrected chi connectivity index (χ2v) is 10.7. The van der Waals surface area contributed by atoms with E-state index in [1.54, 1.807) is 0 Å². The smallest absolute Gasteiger partial charge is 0.184 e. The minimum Gasteiger partial charge on any atom is -0.392 e. The number of benzene rings is 3. The molecule has 0 saturated carbocycles. The van der Waals surface area contributed by atoms with Crippen molar-refractivity contribution in [1.82, 2.24) is 4.90 Å². The Morgan fingerprint density at radius 1 is 0.846 bits per heavy atom. The molecule has 6 rings (SSSR count). The molecular weight excluding hydrogens is 492 g/mol. The minimum atomic E-state index is -0.470. The highest BCUT2D eigenvalue weighted by atomic mass is 16.7. The monoisotopic (exact) mass is 530 g/mol. The Kier molecular flexibility index (Phi) is 8.09. The van der Waals surface area contributed by atoms with Crippen molar-refractivity contribution >= 4 is 0 Å². The second-order valence-electron chi connectivity index (χ2n) is 10.7. The van der Waals surface area contributed by atoms with Gasteiger partial charge in [-0.05, 0) is 27.8 Å². The van der Waals surface area contributed by atoms with Crippen LogP contribution in [-0.4, -0.2) is 54.7 Å². The fraction of sp³-hybridized carbons (Fsp3) is 0.438. The van der Waals surface area contributed by atoms with Gasteiger partial charge in [-0.2, -0.15) is 0 Å². The Morgan fingerprint density at radius 3 is 2.23 bits per heavy atom. The van der Waals surface area contributed by atoms with Gasteiger partial charge in [0.1, 0.15) is 0 Å². The van der Waals surface area contributed by atoms with Crippen LogP contribution >= 0.6 is 0 Å². The zero-order valence-corrected chi connectivity index (χ0v) is 22.3. The van der Waals surface area contributed by atoms with E-state index >= 15 is 0 Å². The zero-order chi connectivity index (χ0) is 26.7. The summed E-state index contributed by atoms with van der Waals surface area (Å²) in [5.74, 6) is -0.378. The molecule has 3 heterocycles. The minimum absolute atomic E-state index is 0.0170. The van der Waals surface area contributed by atoms with Crippen LogP contribution in [0.2, 0.25) is 0 Å². The topological polar surface area (TPSA) is 86.4 Å². The Labute approximate surface area is 230 Å². The molecule has 39 heavy (non-hydrogen) atoms. The Balaban J connectivity index is 1.20. The molecule has 0 unspecified atom stereocenters. The molecule has 7 heteroatoms. The summed E-state index contributed by atoms with van der Waals surface area (Å²) in [7, 11) is 0. The fourth-order valence-electron chi connectivity index (χ4n) is 5.98. The van der Waals surface area contributed by atoms with Crippen LogP contribution < -0.4 is 5.73 Å². The van der Waals surface area contributed by atoms with Crippen LogP contribution in [-0.2, 0) is 32.1 Å². The number of hydrogen-bond donors (Lipinski definition) is 2. The molecule has 3 N–H and O–H groups in total. The van der Waals surface area contributed by atoms with E-state index in [0.29, 0.717) is 19.8 Å². The van der Waals surface area contributed by atoms with Crippen LogP contribution in [0.25, 0.3) is 11.1 Å². The molecule has 0 radical (unpaired) electrons. The average molecular weight is 531 g/mol. The van der Waals surface area contributed by atoms with Gasteiger partial charge >= 0.3 is 0 Å². The van der Waals surface area contributed by atoms with E-state index in [1.807, 2.05) is 24.3 Å². The lowest BCUT2D eigenvalue weighted by Gasteiger charge is -2.41. The lowest BCUT2D eigenvalue weighted by atomic mass is 9.97. The van der Waals surface area contributed by atoms with E-state index in [0.717, 1.165) is 72.3 Å². The lowest BCUT2D eigenvalue weighted by Crippen LogP contribution is -2.48. The quantitative estimate of drug-likeness (QED) is 0.458. The Hall–Kier alpha value is -2.62. The maximum atomic E-state index is 9.49. The molecule has 1 spiro atoms. The number of rotatable bonds is 7. The van der Waals surface area contributed by atoms with Gasteiger partial charge in [0.05, 0.1) is 32.0 Å². The molecule has 3 aliphatic rings. The maximum absolute atomic E-state index is 9.49. The van der Waals surface area contributed by atoms with Gasteiger partial charge in [-0.25, -0.2) is 0 Å². The molecular formula is C32H38N2O5. The van der Waals surface area contributed by atoms with Crippen LogP contribution in [0.15, 0.2) is 72.8 Å². The van der Waals surface area contributed by atoms with Gasteiger partial charge in [-0.15, -0.1) is 0 Å². The van der Waals surface area contributed by atoms with E-state index in [9.17, 15) is 5.11 Å². The second kappa shape index (κ2) is 11.9. The van der Waals surface area contributed by atoms with Crippen LogP contribution in [0.5, 0.6) is 0 Å². The summed E-state index contributed by atoms with van der Waals surface area (Å²) in [4.78, 5) is 2.46. The molecule has 3 aromatic rings. The SMILES string of the molecule is NCc1ccccc1-c1ccc([C@H]2O[C@@H](CN3CCC4(CC3)OCCO4)C[C@@H](c3ccc(CO)cc3)O2)cc1. The first kappa shape index (κ1) is 26.6. The molecule has 3 aliphatic heterocycles. The molecule has 7 nitrogen and oxygen atoms in total. The number of ether oxygens (including phenoxy) is 4. The largest absolute Gasteiger partial charge is 0.392 e. The molecule has 0 aliphatic carbocycles. The summed E-state index contributed by atoms with van der Waals surface area (Å²) in [6, 6.07) is 24.7. The fourth-order valence-corrected chi connectivity index (χ4v) is 5.98. The van der Waals surface area contributed by atoms with E-state index in [-0.39, 0.29) is 24.6 Å². The first-order valence-electron chi connectivity index (χ1n) is 14.0. The van der Waals surface area contributed by atoms with Gasteiger partial charge in [0.25, 0.3) is 0 Å². The number of aliphatic hydroxyl groups is 1. The van der Waals surface area contributed by atoms with Crippen molar-refractivity contribution in [3.05, 3.63) is 95.1 Å². The normalized spacial score (nSPS) is 25.2. The van der Waals surface area contributed by atoms with Gasteiger partial charge in [0, 0.05) is 51.0 Å². The zero-order valence-electron chi connectivity index (χ0n) is 22.3. The Morgan fingerprint density at radius 2 is 1.54 bits per heavy atom.